The molecule has 4 aromatic heterocycles. The number of fused-ring (bicyclic) bond motifs is 10. The maximum atomic E-state index is 5.34. The maximum absolute atomic E-state index is 5.34. The lowest BCUT2D eigenvalue weighted by Crippen LogP contribution is -2.10. The molecular formula is C45H28N6. The summed E-state index contributed by atoms with van der Waals surface area (Å²) in [4.78, 5) is 15.7. The van der Waals surface area contributed by atoms with Crippen LogP contribution in [0.25, 0.3) is 94.4 Å². The van der Waals surface area contributed by atoms with Crippen LogP contribution in [-0.4, -0.2) is 28.7 Å². The fourth-order valence-electron chi connectivity index (χ4n) is 8.00. The van der Waals surface area contributed by atoms with Gasteiger partial charge >= 0.3 is 0 Å². The van der Waals surface area contributed by atoms with Gasteiger partial charge in [-0.25, -0.2) is 0 Å². The molecule has 0 amide bonds. The lowest BCUT2D eigenvalue weighted by molar-refractivity contribution is 0.893. The van der Waals surface area contributed by atoms with Crippen LogP contribution in [0.1, 0.15) is 0 Å². The van der Waals surface area contributed by atoms with E-state index < -0.39 is 0 Å². The van der Waals surface area contributed by atoms with Crippen LogP contribution in [0.2, 0.25) is 0 Å². The summed E-state index contributed by atoms with van der Waals surface area (Å²) in [6.45, 7) is 0. The molecule has 0 radical (unpaired) electrons. The highest BCUT2D eigenvalue weighted by Crippen LogP contribution is 2.42. The normalized spacial score (nSPS) is 11.9. The van der Waals surface area contributed by atoms with E-state index in [1.807, 2.05) is 18.2 Å². The molecule has 11 aromatic rings. The molecule has 0 saturated heterocycles. The van der Waals surface area contributed by atoms with Gasteiger partial charge in [-0.15, -0.1) is 0 Å². The van der Waals surface area contributed by atoms with Crippen molar-refractivity contribution < 1.29 is 0 Å². The molecule has 0 aliphatic carbocycles. The molecule has 0 spiro atoms. The molecule has 238 valence electrons. The third-order valence-corrected chi connectivity index (χ3v) is 10.1. The highest BCUT2D eigenvalue weighted by atomic mass is 15.3. The number of benzene rings is 7. The Hall–Kier alpha value is -7.05. The van der Waals surface area contributed by atoms with Gasteiger partial charge in [0.15, 0.2) is 5.82 Å². The van der Waals surface area contributed by atoms with Gasteiger partial charge in [0.25, 0.3) is 0 Å². The second-order valence-electron chi connectivity index (χ2n) is 12.9. The van der Waals surface area contributed by atoms with E-state index in [1.54, 1.807) is 0 Å². The third-order valence-electron chi connectivity index (χ3n) is 10.1. The SMILES string of the molecule is c1ccc(-c2nc(-n3c4ccccc4c4ccccc43)nc(-n3c4ccccc4c4c5c6ccccc6n(-c6ccccc6)c5ccc43)n2)cc1. The van der Waals surface area contributed by atoms with Crippen molar-refractivity contribution in [3.8, 4) is 29.0 Å². The summed E-state index contributed by atoms with van der Waals surface area (Å²) < 4.78 is 6.75. The van der Waals surface area contributed by atoms with Gasteiger partial charge in [0.1, 0.15) is 0 Å². The Morgan fingerprint density at radius 1 is 0.294 bits per heavy atom. The zero-order valence-electron chi connectivity index (χ0n) is 27.3. The molecule has 6 heteroatoms. The molecule has 0 unspecified atom stereocenters. The van der Waals surface area contributed by atoms with Crippen molar-refractivity contribution in [3.63, 3.8) is 0 Å². The highest BCUT2D eigenvalue weighted by molar-refractivity contribution is 6.28. The summed E-state index contributed by atoms with van der Waals surface area (Å²) in [5, 5.41) is 7.05. The Labute approximate surface area is 292 Å². The molecule has 0 atom stereocenters. The van der Waals surface area contributed by atoms with E-state index in [1.165, 1.54) is 21.7 Å². The van der Waals surface area contributed by atoms with Gasteiger partial charge in [0.2, 0.25) is 11.9 Å². The first-order valence-electron chi connectivity index (χ1n) is 17.1. The molecular weight excluding hydrogens is 625 g/mol. The van der Waals surface area contributed by atoms with Crippen molar-refractivity contribution in [1.82, 2.24) is 28.7 Å². The van der Waals surface area contributed by atoms with Gasteiger partial charge in [-0.1, -0.05) is 121 Å². The summed E-state index contributed by atoms with van der Waals surface area (Å²) in [6, 6.07) is 59.5. The molecule has 0 fully saturated rings. The average molecular weight is 653 g/mol. The summed E-state index contributed by atoms with van der Waals surface area (Å²) in [6.07, 6.45) is 0. The monoisotopic (exact) mass is 652 g/mol. The Morgan fingerprint density at radius 2 is 0.686 bits per heavy atom. The maximum Gasteiger partial charge on any atom is 0.240 e. The van der Waals surface area contributed by atoms with Crippen molar-refractivity contribution in [2.45, 2.75) is 0 Å². The number of para-hydroxylation sites is 5. The van der Waals surface area contributed by atoms with Crippen LogP contribution < -0.4 is 0 Å². The van der Waals surface area contributed by atoms with Crippen molar-refractivity contribution in [3.05, 3.63) is 170 Å². The Kier molecular flexibility index (Phi) is 5.86. The summed E-state index contributed by atoms with van der Waals surface area (Å²) in [5.74, 6) is 1.76. The average Bonchev–Trinajstić information content (AvgIpc) is 3.84. The second-order valence-corrected chi connectivity index (χ2v) is 12.9. The quantitative estimate of drug-likeness (QED) is 0.190. The first-order chi connectivity index (χ1) is 25.3. The zero-order valence-corrected chi connectivity index (χ0v) is 27.3. The van der Waals surface area contributed by atoms with Crippen molar-refractivity contribution in [2.75, 3.05) is 0 Å². The van der Waals surface area contributed by atoms with E-state index >= 15 is 0 Å². The molecule has 4 heterocycles. The van der Waals surface area contributed by atoms with Gasteiger partial charge in [-0.05, 0) is 48.5 Å². The number of aromatic nitrogens is 6. The molecule has 0 aliphatic rings. The van der Waals surface area contributed by atoms with E-state index in [9.17, 15) is 0 Å². The Balaban J connectivity index is 1.27. The molecule has 11 rings (SSSR count). The molecule has 7 aromatic carbocycles. The van der Waals surface area contributed by atoms with Crippen LogP contribution in [0.5, 0.6) is 0 Å². The van der Waals surface area contributed by atoms with Crippen molar-refractivity contribution in [2.24, 2.45) is 0 Å². The lowest BCUT2D eigenvalue weighted by Gasteiger charge is -2.12. The van der Waals surface area contributed by atoms with Gasteiger partial charge in [0, 0.05) is 43.6 Å². The minimum absolute atomic E-state index is 0.568. The van der Waals surface area contributed by atoms with Crippen LogP contribution in [0.4, 0.5) is 0 Å². The molecule has 0 saturated carbocycles. The van der Waals surface area contributed by atoms with E-state index in [2.05, 4.69) is 165 Å². The first kappa shape index (κ1) is 27.9. The molecule has 51 heavy (non-hydrogen) atoms. The molecule has 0 bridgehead atoms. The second kappa shape index (κ2) is 10.7. The fourth-order valence-corrected chi connectivity index (χ4v) is 8.00. The number of hydrogen-bond acceptors (Lipinski definition) is 3. The lowest BCUT2D eigenvalue weighted by atomic mass is 10.1. The zero-order chi connectivity index (χ0) is 33.5. The summed E-state index contributed by atoms with van der Waals surface area (Å²) >= 11 is 0. The van der Waals surface area contributed by atoms with Crippen LogP contribution >= 0.6 is 0 Å². The van der Waals surface area contributed by atoms with E-state index in [0.29, 0.717) is 17.7 Å². The summed E-state index contributed by atoms with van der Waals surface area (Å²) in [7, 11) is 0. The van der Waals surface area contributed by atoms with E-state index in [-0.39, 0.29) is 0 Å². The minimum Gasteiger partial charge on any atom is -0.309 e. The number of rotatable bonds is 4. The van der Waals surface area contributed by atoms with E-state index in [4.69, 9.17) is 15.0 Å². The minimum atomic E-state index is 0.568. The Morgan fingerprint density at radius 3 is 1.24 bits per heavy atom. The van der Waals surface area contributed by atoms with Crippen LogP contribution in [0.3, 0.4) is 0 Å². The van der Waals surface area contributed by atoms with Crippen LogP contribution in [-0.2, 0) is 0 Å². The first-order valence-corrected chi connectivity index (χ1v) is 17.1. The Bertz CT molecular complexity index is 3080. The predicted octanol–water partition coefficient (Wildman–Crippen LogP) is 10.8. The number of hydrogen-bond donors (Lipinski definition) is 0. The van der Waals surface area contributed by atoms with Crippen LogP contribution in [0, 0.1) is 0 Å². The molecule has 0 N–H and O–H groups in total. The predicted molar refractivity (Wildman–Crippen MR) is 208 cm³/mol. The standard InChI is InChI=1S/C45H28N6/c1-3-15-29(16-4-1)43-46-44(50-35-23-11-7-19-31(35)32-20-8-12-24-36(32)50)48-45(47-43)51-38-26-14-10-22-34(38)42-40(51)28-27-39-41(42)33-21-9-13-25-37(33)49(39)30-17-5-2-6-18-30/h1-28H. The van der Waals surface area contributed by atoms with Gasteiger partial charge in [-0.3, -0.25) is 9.13 Å². The van der Waals surface area contributed by atoms with Gasteiger partial charge < -0.3 is 4.57 Å². The smallest absolute Gasteiger partial charge is 0.240 e. The fraction of sp³-hybridized carbons (Fsp3) is 0. The van der Waals surface area contributed by atoms with Gasteiger partial charge in [0.05, 0.1) is 33.1 Å². The van der Waals surface area contributed by atoms with E-state index in [0.717, 1.165) is 55.0 Å². The van der Waals surface area contributed by atoms with Gasteiger partial charge in [-0.2, -0.15) is 15.0 Å². The molecule has 6 nitrogen and oxygen atoms in total. The number of nitrogens with zero attached hydrogens (tertiary/aromatic N) is 6. The summed E-state index contributed by atoms with van der Waals surface area (Å²) in [5.41, 5.74) is 8.56. The van der Waals surface area contributed by atoms with Crippen LogP contribution in [0.15, 0.2) is 170 Å². The third kappa shape index (κ3) is 4.01. The largest absolute Gasteiger partial charge is 0.309 e. The van der Waals surface area contributed by atoms with Crippen molar-refractivity contribution in [1.29, 1.82) is 0 Å². The highest BCUT2D eigenvalue weighted by Gasteiger charge is 2.23. The topological polar surface area (TPSA) is 53.5 Å². The van der Waals surface area contributed by atoms with Crippen molar-refractivity contribution >= 4 is 65.4 Å². The molecule has 0 aliphatic heterocycles.